The lowest BCUT2D eigenvalue weighted by Crippen LogP contribution is -2.19. The van der Waals surface area contributed by atoms with Gasteiger partial charge in [-0.15, -0.1) is 0 Å². The molecular weight excluding hydrogens is 459 g/mol. The number of fused-ring (bicyclic) bond motifs is 1. The van der Waals surface area contributed by atoms with Gasteiger partial charge in [0.05, 0.1) is 21.9 Å². The lowest BCUT2D eigenvalue weighted by Gasteiger charge is -2.14. The highest BCUT2D eigenvalue weighted by atomic mass is 35.5. The van der Waals surface area contributed by atoms with Gasteiger partial charge in [0.25, 0.3) is 0 Å². The first-order valence-electron chi connectivity index (χ1n) is 9.61. The smallest absolute Gasteiger partial charge is 0.422 e. The quantitative estimate of drug-likeness (QED) is 0.339. The molecular formula is C22H17ClF3N5O2. The molecule has 0 bridgehead atoms. The van der Waals surface area contributed by atoms with E-state index in [0.717, 1.165) is 5.69 Å². The van der Waals surface area contributed by atoms with Gasteiger partial charge in [-0.2, -0.15) is 13.2 Å². The van der Waals surface area contributed by atoms with Crippen LogP contribution in [0.15, 0.2) is 61.1 Å². The number of hydrogen-bond donors (Lipinski definition) is 2. The molecule has 2 aromatic heterocycles. The molecule has 2 heterocycles. The van der Waals surface area contributed by atoms with Gasteiger partial charge in [0.15, 0.2) is 6.61 Å². The summed E-state index contributed by atoms with van der Waals surface area (Å²) in [5, 5.41) is 3.98. The fourth-order valence-electron chi connectivity index (χ4n) is 2.95. The molecule has 4 aromatic rings. The summed E-state index contributed by atoms with van der Waals surface area (Å²) in [6.45, 7) is -1.19. The number of benzene rings is 2. The lowest BCUT2D eigenvalue weighted by molar-refractivity contribution is -0.153. The molecule has 0 radical (unpaired) electrons. The van der Waals surface area contributed by atoms with E-state index in [1.165, 1.54) is 18.5 Å². The normalized spacial score (nSPS) is 11.4. The van der Waals surface area contributed by atoms with Crippen molar-refractivity contribution >= 4 is 39.7 Å². The van der Waals surface area contributed by atoms with Crippen LogP contribution in [0.2, 0.25) is 5.02 Å². The Balaban J connectivity index is 1.52. The van der Waals surface area contributed by atoms with E-state index in [-0.39, 0.29) is 18.0 Å². The number of nitrogens with two attached hydrogens (primary N) is 1. The van der Waals surface area contributed by atoms with Crippen molar-refractivity contribution in [2.75, 3.05) is 17.7 Å². The van der Waals surface area contributed by atoms with Gasteiger partial charge < -0.3 is 20.5 Å². The molecule has 0 amide bonds. The van der Waals surface area contributed by atoms with E-state index in [1.54, 1.807) is 24.4 Å². The Bertz CT molecular complexity index is 1270. The molecule has 170 valence electrons. The topological polar surface area (TPSA) is 95.2 Å². The van der Waals surface area contributed by atoms with Crippen molar-refractivity contribution in [3.8, 4) is 11.5 Å². The summed E-state index contributed by atoms with van der Waals surface area (Å²) < 4.78 is 47.9. The van der Waals surface area contributed by atoms with Gasteiger partial charge in [-0.3, -0.25) is 4.98 Å². The maximum absolute atomic E-state index is 12.5. The zero-order valence-electron chi connectivity index (χ0n) is 16.9. The first kappa shape index (κ1) is 22.4. The van der Waals surface area contributed by atoms with Crippen LogP contribution in [0.4, 0.5) is 30.4 Å². The van der Waals surface area contributed by atoms with Crippen LogP contribution < -0.4 is 20.5 Å². The summed E-state index contributed by atoms with van der Waals surface area (Å²) in [6.07, 6.45) is -1.52. The van der Waals surface area contributed by atoms with Gasteiger partial charge in [-0.1, -0.05) is 17.7 Å². The molecule has 3 N–H and O–H groups in total. The number of nitrogens with one attached hydrogen (secondary N) is 1. The minimum atomic E-state index is -4.48. The largest absolute Gasteiger partial charge is 0.486 e. The Morgan fingerprint density at radius 3 is 2.55 bits per heavy atom. The Kier molecular flexibility index (Phi) is 6.36. The highest BCUT2D eigenvalue weighted by Gasteiger charge is 2.29. The predicted molar refractivity (Wildman–Crippen MR) is 119 cm³/mol. The zero-order chi connectivity index (χ0) is 23.4. The van der Waals surface area contributed by atoms with Gasteiger partial charge in [-0.25, -0.2) is 9.97 Å². The molecule has 0 spiro atoms. The van der Waals surface area contributed by atoms with Crippen LogP contribution in [0, 0.1) is 0 Å². The monoisotopic (exact) mass is 475 g/mol. The molecule has 0 saturated carbocycles. The minimum absolute atomic E-state index is 0.0286. The number of rotatable bonds is 7. The Morgan fingerprint density at radius 1 is 0.970 bits per heavy atom. The Morgan fingerprint density at radius 2 is 1.82 bits per heavy atom. The average molecular weight is 476 g/mol. The number of halogens is 4. The van der Waals surface area contributed by atoms with Crippen LogP contribution in [0.3, 0.4) is 0 Å². The molecule has 7 nitrogen and oxygen atoms in total. The second-order valence-corrected chi connectivity index (χ2v) is 7.32. The van der Waals surface area contributed by atoms with E-state index in [0.29, 0.717) is 33.2 Å². The number of ether oxygens (including phenoxy) is 2. The van der Waals surface area contributed by atoms with Crippen molar-refractivity contribution in [3.05, 3.63) is 71.8 Å². The molecule has 0 aliphatic carbocycles. The summed E-state index contributed by atoms with van der Waals surface area (Å²) in [4.78, 5) is 12.5. The van der Waals surface area contributed by atoms with E-state index in [2.05, 4.69) is 20.3 Å². The van der Waals surface area contributed by atoms with Crippen LogP contribution in [0.25, 0.3) is 10.9 Å². The van der Waals surface area contributed by atoms with E-state index >= 15 is 0 Å². The number of pyridine rings is 1. The van der Waals surface area contributed by atoms with Gasteiger partial charge in [0.1, 0.15) is 30.3 Å². The fraction of sp³-hybridized carbons (Fsp3) is 0.136. The summed E-state index contributed by atoms with van der Waals surface area (Å²) in [6, 6.07) is 13.4. The first-order valence-corrected chi connectivity index (χ1v) is 9.99. The van der Waals surface area contributed by atoms with Crippen LogP contribution in [-0.2, 0) is 6.61 Å². The fourth-order valence-corrected chi connectivity index (χ4v) is 3.19. The Labute approximate surface area is 191 Å². The van der Waals surface area contributed by atoms with Crippen molar-refractivity contribution in [1.29, 1.82) is 0 Å². The van der Waals surface area contributed by atoms with Crippen molar-refractivity contribution in [3.63, 3.8) is 0 Å². The number of aromatic nitrogens is 3. The van der Waals surface area contributed by atoms with E-state index in [9.17, 15) is 13.2 Å². The van der Waals surface area contributed by atoms with E-state index in [1.807, 2.05) is 18.2 Å². The molecule has 0 unspecified atom stereocenters. The van der Waals surface area contributed by atoms with Gasteiger partial charge in [0.2, 0.25) is 0 Å². The van der Waals surface area contributed by atoms with Crippen LogP contribution in [-0.4, -0.2) is 27.7 Å². The number of nitrogens with zero attached hydrogens (tertiary/aromatic N) is 3. The molecule has 0 aliphatic rings. The molecule has 0 aliphatic heterocycles. The SMILES string of the molecule is Nc1cc2c(Nc3ccc(OCc4ccccn4)c(Cl)c3)ncnc2cc1OCC(F)(F)F. The minimum Gasteiger partial charge on any atom is -0.486 e. The standard InChI is InChI=1S/C22H17ClF3N5O2/c23-16-7-13(4-5-19(16)32-10-14-3-1-2-6-28-14)31-21-15-8-17(27)20(33-11-22(24,25)26)9-18(15)29-12-30-21/h1-9,12H,10-11,27H2,(H,29,30,31). The summed E-state index contributed by atoms with van der Waals surface area (Å²) in [5.41, 5.74) is 7.65. The Hall–Kier alpha value is -3.79. The second-order valence-electron chi connectivity index (χ2n) is 6.91. The molecule has 0 atom stereocenters. The van der Waals surface area contributed by atoms with Crippen LogP contribution in [0.5, 0.6) is 11.5 Å². The second kappa shape index (κ2) is 9.37. The van der Waals surface area contributed by atoms with Gasteiger partial charge in [0, 0.05) is 23.3 Å². The van der Waals surface area contributed by atoms with Crippen molar-refractivity contribution in [1.82, 2.24) is 15.0 Å². The first-order chi connectivity index (χ1) is 15.8. The van der Waals surface area contributed by atoms with Crippen molar-refractivity contribution < 1.29 is 22.6 Å². The predicted octanol–water partition coefficient (Wildman–Crippen LogP) is 5.52. The summed E-state index contributed by atoms with van der Waals surface area (Å²) >= 11 is 6.35. The van der Waals surface area contributed by atoms with Crippen LogP contribution >= 0.6 is 11.6 Å². The zero-order valence-corrected chi connectivity index (χ0v) is 17.7. The third-order valence-corrected chi connectivity index (χ3v) is 4.75. The number of nitrogen functional groups attached to an aromatic ring is 1. The van der Waals surface area contributed by atoms with E-state index in [4.69, 9.17) is 26.8 Å². The summed E-state index contributed by atoms with van der Waals surface area (Å²) in [7, 11) is 0. The van der Waals surface area contributed by atoms with Crippen LogP contribution in [0.1, 0.15) is 5.69 Å². The molecule has 11 heteroatoms. The van der Waals surface area contributed by atoms with Gasteiger partial charge >= 0.3 is 6.18 Å². The maximum atomic E-state index is 12.5. The lowest BCUT2D eigenvalue weighted by atomic mass is 10.2. The number of hydrogen-bond acceptors (Lipinski definition) is 7. The molecule has 2 aromatic carbocycles. The molecule has 0 saturated heterocycles. The summed E-state index contributed by atoms with van der Waals surface area (Å²) in [5.74, 6) is 0.769. The number of anilines is 3. The van der Waals surface area contributed by atoms with E-state index < -0.39 is 12.8 Å². The maximum Gasteiger partial charge on any atom is 0.422 e. The third-order valence-electron chi connectivity index (χ3n) is 4.45. The van der Waals surface area contributed by atoms with Crippen molar-refractivity contribution in [2.45, 2.75) is 12.8 Å². The average Bonchev–Trinajstić information content (AvgIpc) is 2.78. The number of alkyl halides is 3. The van der Waals surface area contributed by atoms with Gasteiger partial charge in [-0.05, 0) is 36.4 Å². The molecule has 4 rings (SSSR count). The third kappa shape index (κ3) is 5.72. The molecule has 33 heavy (non-hydrogen) atoms. The van der Waals surface area contributed by atoms with Crippen molar-refractivity contribution in [2.24, 2.45) is 0 Å². The highest BCUT2D eigenvalue weighted by molar-refractivity contribution is 6.32. The molecule has 0 fully saturated rings. The highest BCUT2D eigenvalue weighted by Crippen LogP contribution is 2.34.